The van der Waals surface area contributed by atoms with Gasteiger partial charge in [-0.25, -0.2) is 4.98 Å². The summed E-state index contributed by atoms with van der Waals surface area (Å²) in [6, 6.07) is 13.3. The van der Waals surface area contributed by atoms with Crippen LogP contribution in [-0.4, -0.2) is 32.7 Å². The van der Waals surface area contributed by atoms with Gasteiger partial charge in [0.2, 0.25) is 11.0 Å². The van der Waals surface area contributed by atoms with E-state index in [1.807, 2.05) is 25.1 Å². The van der Waals surface area contributed by atoms with Crippen LogP contribution in [0, 0.1) is 17.0 Å². The van der Waals surface area contributed by atoms with Gasteiger partial charge >= 0.3 is 0 Å². The predicted molar refractivity (Wildman–Crippen MR) is 119 cm³/mol. The molecule has 4 rings (SSSR count). The zero-order chi connectivity index (χ0) is 22.0. The van der Waals surface area contributed by atoms with Gasteiger partial charge in [0.05, 0.1) is 27.9 Å². The molecule has 156 valence electrons. The molecule has 0 spiro atoms. The summed E-state index contributed by atoms with van der Waals surface area (Å²) in [5.74, 6) is 0.843. The number of amides is 1. The first kappa shape index (κ1) is 20.2. The monoisotopic (exact) mass is 435 g/mol. The molecule has 0 aliphatic carbocycles. The average Bonchev–Trinajstić information content (AvgIpc) is 3.34. The number of non-ortho nitro benzene ring substituents is 1. The van der Waals surface area contributed by atoms with Crippen LogP contribution in [-0.2, 0) is 4.79 Å². The second kappa shape index (κ2) is 8.36. The molecular weight excluding hydrogens is 418 g/mol. The minimum absolute atomic E-state index is 0.00515. The number of nitrogens with zero attached hydrogens (tertiary/aromatic N) is 4. The van der Waals surface area contributed by atoms with E-state index in [1.165, 1.54) is 29.5 Å². The lowest BCUT2D eigenvalue weighted by Gasteiger charge is -2.04. The highest BCUT2D eigenvalue weighted by Gasteiger charge is 2.14. The Morgan fingerprint density at radius 2 is 2.00 bits per heavy atom. The SMILES string of the molecule is COc1ccc2sc(-n3nc(C)cc3NC(=O)/C=C\c3ccc([N+](=O)[O-])cc3)nc2c1. The highest BCUT2D eigenvalue weighted by Crippen LogP contribution is 2.29. The summed E-state index contributed by atoms with van der Waals surface area (Å²) in [7, 11) is 1.60. The number of anilines is 1. The Labute approximate surface area is 180 Å². The van der Waals surface area contributed by atoms with Gasteiger partial charge < -0.3 is 10.1 Å². The molecule has 31 heavy (non-hydrogen) atoms. The largest absolute Gasteiger partial charge is 0.497 e. The molecule has 0 saturated carbocycles. The first-order chi connectivity index (χ1) is 14.9. The third kappa shape index (κ3) is 4.43. The number of aromatic nitrogens is 3. The lowest BCUT2D eigenvalue weighted by Crippen LogP contribution is -2.12. The number of carbonyl (C=O) groups is 1. The third-order valence-corrected chi connectivity index (χ3v) is 5.39. The normalized spacial score (nSPS) is 11.2. The van der Waals surface area contributed by atoms with Crippen molar-refractivity contribution < 1.29 is 14.5 Å². The Kier molecular flexibility index (Phi) is 5.46. The molecule has 2 aromatic carbocycles. The Morgan fingerprint density at radius 3 is 2.71 bits per heavy atom. The van der Waals surface area contributed by atoms with E-state index in [0.717, 1.165) is 15.9 Å². The van der Waals surface area contributed by atoms with Crippen molar-refractivity contribution in [3.63, 3.8) is 0 Å². The number of thiazole rings is 1. The number of nitro groups is 1. The number of carbonyl (C=O) groups excluding carboxylic acids is 1. The molecule has 0 atom stereocenters. The molecular formula is C21H17N5O4S. The van der Waals surface area contributed by atoms with Crippen LogP contribution < -0.4 is 10.1 Å². The lowest BCUT2D eigenvalue weighted by molar-refractivity contribution is -0.384. The number of methoxy groups -OCH3 is 1. The van der Waals surface area contributed by atoms with Crippen molar-refractivity contribution in [3.05, 3.63) is 76.0 Å². The minimum Gasteiger partial charge on any atom is -0.497 e. The van der Waals surface area contributed by atoms with Gasteiger partial charge in [-0.15, -0.1) is 0 Å². The number of rotatable bonds is 6. The smallest absolute Gasteiger partial charge is 0.269 e. The van der Waals surface area contributed by atoms with Crippen LogP contribution in [0.5, 0.6) is 5.75 Å². The van der Waals surface area contributed by atoms with E-state index in [2.05, 4.69) is 15.4 Å². The fourth-order valence-corrected chi connectivity index (χ4v) is 3.81. The summed E-state index contributed by atoms with van der Waals surface area (Å²) >= 11 is 1.45. The first-order valence-corrected chi connectivity index (χ1v) is 10.00. The lowest BCUT2D eigenvalue weighted by atomic mass is 10.2. The summed E-state index contributed by atoms with van der Waals surface area (Å²) in [5, 5.41) is 18.6. The second-order valence-corrected chi connectivity index (χ2v) is 7.59. The molecule has 0 aliphatic heterocycles. The van der Waals surface area contributed by atoms with E-state index in [-0.39, 0.29) is 11.6 Å². The van der Waals surface area contributed by atoms with Crippen LogP contribution in [0.15, 0.2) is 54.6 Å². The van der Waals surface area contributed by atoms with E-state index in [1.54, 1.807) is 36.1 Å². The number of aryl methyl sites for hydroxylation is 1. The summed E-state index contributed by atoms with van der Waals surface area (Å²) in [6.07, 6.45) is 2.94. The number of fused-ring (bicyclic) bond motifs is 1. The number of hydrogen-bond donors (Lipinski definition) is 1. The molecule has 0 bridgehead atoms. The fraction of sp³-hybridized carbons (Fsp3) is 0.0952. The third-order valence-electron chi connectivity index (χ3n) is 4.38. The molecule has 1 N–H and O–H groups in total. The Morgan fingerprint density at radius 1 is 1.23 bits per heavy atom. The van der Waals surface area contributed by atoms with Crippen molar-refractivity contribution in [2.75, 3.05) is 12.4 Å². The molecule has 0 saturated heterocycles. The van der Waals surface area contributed by atoms with Crippen LogP contribution in [0.3, 0.4) is 0 Å². The van der Waals surface area contributed by atoms with Crippen LogP contribution in [0.4, 0.5) is 11.5 Å². The molecule has 2 aromatic heterocycles. The van der Waals surface area contributed by atoms with Crippen LogP contribution in [0.1, 0.15) is 11.3 Å². The maximum atomic E-state index is 12.4. The van der Waals surface area contributed by atoms with Gasteiger partial charge in [0.1, 0.15) is 11.6 Å². The number of benzene rings is 2. The fourth-order valence-electron chi connectivity index (χ4n) is 2.89. The highest BCUT2D eigenvalue weighted by atomic mass is 32.1. The molecule has 9 nitrogen and oxygen atoms in total. The van der Waals surface area contributed by atoms with E-state index < -0.39 is 4.92 Å². The minimum atomic E-state index is -0.470. The van der Waals surface area contributed by atoms with Gasteiger partial charge in [0, 0.05) is 30.3 Å². The summed E-state index contributed by atoms with van der Waals surface area (Å²) in [6.45, 7) is 1.83. The molecule has 2 heterocycles. The van der Waals surface area contributed by atoms with E-state index in [9.17, 15) is 14.9 Å². The number of nitrogens with one attached hydrogen (secondary N) is 1. The van der Waals surface area contributed by atoms with Crippen molar-refractivity contribution >= 4 is 45.0 Å². The van der Waals surface area contributed by atoms with E-state index in [4.69, 9.17) is 4.74 Å². The van der Waals surface area contributed by atoms with Crippen LogP contribution in [0.2, 0.25) is 0 Å². The molecule has 0 fully saturated rings. The van der Waals surface area contributed by atoms with Crippen molar-refractivity contribution in [2.45, 2.75) is 6.92 Å². The Bertz CT molecular complexity index is 1310. The zero-order valence-electron chi connectivity index (χ0n) is 16.6. The van der Waals surface area contributed by atoms with Gasteiger partial charge in [-0.05, 0) is 42.8 Å². The van der Waals surface area contributed by atoms with Crippen molar-refractivity contribution in [1.82, 2.24) is 14.8 Å². The van der Waals surface area contributed by atoms with Gasteiger partial charge in [0.25, 0.3) is 5.69 Å². The van der Waals surface area contributed by atoms with Crippen molar-refractivity contribution in [2.24, 2.45) is 0 Å². The average molecular weight is 435 g/mol. The highest BCUT2D eigenvalue weighted by molar-refractivity contribution is 7.20. The Balaban J connectivity index is 1.54. The van der Waals surface area contributed by atoms with Gasteiger partial charge in [-0.2, -0.15) is 9.78 Å². The first-order valence-electron chi connectivity index (χ1n) is 9.18. The maximum absolute atomic E-state index is 12.4. The van der Waals surface area contributed by atoms with Gasteiger partial charge in [-0.1, -0.05) is 11.3 Å². The molecule has 1 amide bonds. The quantitative estimate of drug-likeness (QED) is 0.274. The molecule has 10 heteroatoms. The summed E-state index contributed by atoms with van der Waals surface area (Å²) in [4.78, 5) is 27.3. The molecule has 0 aliphatic rings. The standard InChI is InChI=1S/C21H17N5O4S/c1-13-11-19(23-20(27)10-5-14-3-6-15(7-4-14)26(28)29)25(24-13)21-22-17-12-16(30-2)8-9-18(17)31-21/h3-12H,1-2H3,(H,23,27)/b10-5-. The van der Waals surface area contributed by atoms with Crippen molar-refractivity contribution in [1.29, 1.82) is 0 Å². The van der Waals surface area contributed by atoms with E-state index in [0.29, 0.717) is 22.3 Å². The number of nitro benzene ring substituents is 1. The summed E-state index contributed by atoms with van der Waals surface area (Å²) < 4.78 is 7.80. The predicted octanol–water partition coefficient (Wildman–Crippen LogP) is 4.36. The van der Waals surface area contributed by atoms with E-state index >= 15 is 0 Å². The Hall–Kier alpha value is -4.05. The molecule has 0 unspecified atom stereocenters. The zero-order valence-corrected chi connectivity index (χ0v) is 17.4. The number of ether oxygens (including phenoxy) is 1. The van der Waals surface area contributed by atoms with Crippen LogP contribution in [0.25, 0.3) is 21.4 Å². The van der Waals surface area contributed by atoms with Crippen LogP contribution >= 0.6 is 11.3 Å². The molecule has 0 radical (unpaired) electrons. The second-order valence-electron chi connectivity index (χ2n) is 6.58. The van der Waals surface area contributed by atoms with Gasteiger partial charge in [0.15, 0.2) is 0 Å². The topological polar surface area (TPSA) is 112 Å². The van der Waals surface area contributed by atoms with Gasteiger partial charge in [-0.3, -0.25) is 14.9 Å². The maximum Gasteiger partial charge on any atom is 0.269 e. The van der Waals surface area contributed by atoms with Crippen molar-refractivity contribution in [3.8, 4) is 10.9 Å². The summed E-state index contributed by atoms with van der Waals surface area (Å²) in [5.41, 5.74) is 2.18. The number of hydrogen-bond acceptors (Lipinski definition) is 7. The molecule has 4 aromatic rings.